The zero-order valence-corrected chi connectivity index (χ0v) is 12.3. The molecule has 0 radical (unpaired) electrons. The first-order valence-electron chi connectivity index (χ1n) is 7.23. The number of carbonyl (C=O) groups is 1. The quantitative estimate of drug-likeness (QED) is 0.834. The molecule has 0 amide bonds. The molecule has 0 unspecified atom stereocenters. The smallest absolute Gasteiger partial charge is 0.416 e. The highest BCUT2D eigenvalue weighted by atomic mass is 19.4. The molecule has 1 heterocycles. The van der Waals surface area contributed by atoms with Crippen LogP contribution >= 0.6 is 0 Å². The molecular formula is C17H13F4NO2. The second-order valence-electron chi connectivity index (χ2n) is 5.68. The van der Waals surface area contributed by atoms with Crippen LogP contribution in [-0.2, 0) is 6.54 Å². The zero-order chi connectivity index (χ0) is 17.5. The van der Waals surface area contributed by atoms with E-state index in [1.807, 2.05) is 0 Å². The van der Waals surface area contributed by atoms with Gasteiger partial charge >= 0.3 is 12.1 Å². The van der Waals surface area contributed by atoms with Gasteiger partial charge in [-0.2, -0.15) is 13.2 Å². The highest BCUT2D eigenvalue weighted by Crippen LogP contribution is 2.32. The molecule has 0 aliphatic heterocycles. The summed E-state index contributed by atoms with van der Waals surface area (Å²) < 4.78 is 52.9. The number of carboxylic acids is 1. The van der Waals surface area contributed by atoms with Crippen molar-refractivity contribution in [2.24, 2.45) is 5.92 Å². The standard InChI is InChI=1S/C17H13F4NO2/c18-13-7-11-5-6-22(15(11)14(8-13)16(23)24)9-10-1-3-12(4-2-10)17(19,20)21/h1,3-8,10H,2,9H2,(H,23,24)/t10-/m0/s1. The Kier molecular flexibility index (Phi) is 3.95. The molecule has 0 saturated carbocycles. The molecule has 0 bridgehead atoms. The summed E-state index contributed by atoms with van der Waals surface area (Å²) in [5.74, 6) is -2.09. The molecule has 0 spiro atoms. The van der Waals surface area contributed by atoms with Crippen LogP contribution in [0.2, 0.25) is 0 Å². The Labute approximate surface area is 134 Å². The highest BCUT2D eigenvalue weighted by Gasteiger charge is 2.33. The van der Waals surface area contributed by atoms with E-state index in [4.69, 9.17) is 0 Å². The number of alkyl halides is 3. The minimum Gasteiger partial charge on any atom is -0.478 e. The molecule has 7 heteroatoms. The minimum atomic E-state index is -4.37. The van der Waals surface area contributed by atoms with Gasteiger partial charge in [0.15, 0.2) is 0 Å². The van der Waals surface area contributed by atoms with Crippen LogP contribution in [0.1, 0.15) is 16.8 Å². The number of fused-ring (bicyclic) bond motifs is 1. The van der Waals surface area contributed by atoms with Crippen molar-refractivity contribution in [1.29, 1.82) is 0 Å². The molecule has 3 rings (SSSR count). The van der Waals surface area contributed by atoms with Crippen molar-refractivity contribution in [2.45, 2.75) is 19.1 Å². The number of aromatic nitrogens is 1. The number of rotatable bonds is 3. The first-order valence-corrected chi connectivity index (χ1v) is 7.23. The van der Waals surface area contributed by atoms with Crippen molar-refractivity contribution in [2.75, 3.05) is 0 Å². The maximum Gasteiger partial charge on any atom is 0.416 e. The average Bonchev–Trinajstić information content (AvgIpc) is 2.88. The van der Waals surface area contributed by atoms with Gasteiger partial charge in [-0.05, 0) is 30.5 Å². The Morgan fingerprint density at radius 3 is 2.67 bits per heavy atom. The van der Waals surface area contributed by atoms with Gasteiger partial charge in [0.2, 0.25) is 0 Å². The van der Waals surface area contributed by atoms with Crippen molar-refractivity contribution in [1.82, 2.24) is 4.57 Å². The number of halogens is 4. The maximum absolute atomic E-state index is 13.5. The van der Waals surface area contributed by atoms with Gasteiger partial charge in [0.1, 0.15) is 5.82 Å². The van der Waals surface area contributed by atoms with Gasteiger partial charge in [-0.15, -0.1) is 0 Å². The first-order chi connectivity index (χ1) is 11.3. The predicted molar refractivity (Wildman–Crippen MR) is 80.2 cm³/mol. The first kappa shape index (κ1) is 16.3. The number of nitrogens with zero attached hydrogens (tertiary/aromatic N) is 1. The SMILES string of the molecule is O=C(O)c1cc(F)cc2ccn(C[C@H]3C=CC(C(F)(F)F)=CC3)c12. The van der Waals surface area contributed by atoms with E-state index >= 15 is 0 Å². The van der Waals surface area contributed by atoms with Gasteiger partial charge in [-0.25, -0.2) is 9.18 Å². The third kappa shape index (κ3) is 3.06. The molecule has 1 atom stereocenters. The van der Waals surface area contributed by atoms with E-state index in [9.17, 15) is 27.5 Å². The van der Waals surface area contributed by atoms with Gasteiger partial charge in [-0.3, -0.25) is 0 Å². The van der Waals surface area contributed by atoms with Crippen LogP contribution in [0.4, 0.5) is 17.6 Å². The molecule has 1 aliphatic rings. The summed E-state index contributed by atoms with van der Waals surface area (Å²) in [6, 6.07) is 3.77. The fourth-order valence-electron chi connectivity index (χ4n) is 2.89. The van der Waals surface area contributed by atoms with Crippen LogP contribution in [0.25, 0.3) is 10.9 Å². The Balaban J connectivity index is 1.89. The Morgan fingerprint density at radius 1 is 1.33 bits per heavy atom. The number of hydrogen-bond donors (Lipinski definition) is 1. The number of benzene rings is 1. The number of carboxylic acid groups (broad SMARTS) is 1. The molecule has 0 fully saturated rings. The van der Waals surface area contributed by atoms with Gasteiger partial charge in [0, 0.05) is 18.1 Å². The third-order valence-corrected chi connectivity index (χ3v) is 4.00. The lowest BCUT2D eigenvalue weighted by Gasteiger charge is -2.19. The summed E-state index contributed by atoms with van der Waals surface area (Å²) in [5, 5.41) is 9.69. The number of allylic oxidation sites excluding steroid dienone is 4. The van der Waals surface area contributed by atoms with E-state index in [1.165, 1.54) is 12.1 Å². The summed E-state index contributed by atoms with van der Waals surface area (Å²) in [6.45, 7) is 0.313. The van der Waals surface area contributed by atoms with Crippen molar-refractivity contribution in [3.05, 3.63) is 59.6 Å². The minimum absolute atomic E-state index is 0.165. The average molecular weight is 339 g/mol. The Morgan fingerprint density at radius 2 is 2.08 bits per heavy atom. The fourth-order valence-corrected chi connectivity index (χ4v) is 2.89. The Bertz CT molecular complexity index is 861. The summed E-state index contributed by atoms with van der Waals surface area (Å²) in [5.41, 5.74) is -0.478. The Hall–Kier alpha value is -2.57. The van der Waals surface area contributed by atoms with Crippen LogP contribution < -0.4 is 0 Å². The largest absolute Gasteiger partial charge is 0.478 e. The van der Waals surface area contributed by atoms with Crippen LogP contribution in [0.5, 0.6) is 0 Å². The highest BCUT2D eigenvalue weighted by molar-refractivity contribution is 6.02. The van der Waals surface area contributed by atoms with Crippen molar-refractivity contribution < 1.29 is 27.5 Å². The molecule has 24 heavy (non-hydrogen) atoms. The van der Waals surface area contributed by atoms with Crippen LogP contribution in [-0.4, -0.2) is 21.8 Å². The van der Waals surface area contributed by atoms with Crippen LogP contribution in [0.15, 0.2) is 48.2 Å². The fraction of sp³-hybridized carbons (Fsp3) is 0.235. The van der Waals surface area contributed by atoms with Gasteiger partial charge in [0.05, 0.1) is 16.7 Å². The summed E-state index contributed by atoms with van der Waals surface area (Å²) in [7, 11) is 0. The van der Waals surface area contributed by atoms with E-state index in [-0.39, 0.29) is 17.9 Å². The van der Waals surface area contributed by atoms with Crippen molar-refractivity contribution in [3.63, 3.8) is 0 Å². The second kappa shape index (κ2) is 5.81. The van der Waals surface area contributed by atoms with Crippen molar-refractivity contribution >= 4 is 16.9 Å². The van der Waals surface area contributed by atoms with Gasteiger partial charge in [-0.1, -0.05) is 18.2 Å². The lowest BCUT2D eigenvalue weighted by atomic mass is 9.96. The second-order valence-corrected chi connectivity index (χ2v) is 5.68. The lowest BCUT2D eigenvalue weighted by Crippen LogP contribution is -2.16. The van der Waals surface area contributed by atoms with E-state index in [2.05, 4.69) is 0 Å². The molecule has 0 saturated heterocycles. The third-order valence-electron chi connectivity index (χ3n) is 4.00. The van der Waals surface area contributed by atoms with Gasteiger partial charge < -0.3 is 9.67 Å². The molecular weight excluding hydrogens is 326 g/mol. The van der Waals surface area contributed by atoms with Gasteiger partial charge in [0.25, 0.3) is 0 Å². The summed E-state index contributed by atoms with van der Waals surface area (Å²) >= 11 is 0. The van der Waals surface area contributed by atoms with Crippen LogP contribution in [0.3, 0.4) is 0 Å². The number of hydrogen-bond acceptors (Lipinski definition) is 1. The molecule has 1 N–H and O–H groups in total. The monoisotopic (exact) mass is 339 g/mol. The van der Waals surface area contributed by atoms with E-state index in [1.54, 1.807) is 16.8 Å². The van der Waals surface area contributed by atoms with E-state index in [0.29, 0.717) is 17.4 Å². The maximum atomic E-state index is 13.5. The topological polar surface area (TPSA) is 42.2 Å². The predicted octanol–water partition coefficient (Wildman–Crippen LogP) is 4.54. The molecule has 126 valence electrons. The molecule has 1 aromatic carbocycles. The normalized spacial score (nSPS) is 18.0. The molecule has 2 aromatic rings. The summed E-state index contributed by atoms with van der Waals surface area (Å²) in [6.07, 6.45) is 1.10. The number of aromatic carboxylic acids is 1. The zero-order valence-electron chi connectivity index (χ0n) is 12.3. The molecule has 3 nitrogen and oxygen atoms in total. The molecule has 1 aliphatic carbocycles. The van der Waals surface area contributed by atoms with Crippen molar-refractivity contribution in [3.8, 4) is 0 Å². The summed E-state index contributed by atoms with van der Waals surface area (Å²) in [4.78, 5) is 11.3. The van der Waals surface area contributed by atoms with Crippen LogP contribution in [0, 0.1) is 11.7 Å². The van der Waals surface area contributed by atoms with E-state index in [0.717, 1.165) is 18.2 Å². The van der Waals surface area contributed by atoms with E-state index < -0.39 is 23.5 Å². The lowest BCUT2D eigenvalue weighted by molar-refractivity contribution is -0.0887. The molecule has 1 aromatic heterocycles.